The summed E-state index contributed by atoms with van der Waals surface area (Å²) in [6.45, 7) is 13.7. The van der Waals surface area contributed by atoms with Gasteiger partial charge in [-0.05, 0) is 42.2 Å². The van der Waals surface area contributed by atoms with Crippen LogP contribution in [0.1, 0.15) is 58.6 Å². The van der Waals surface area contributed by atoms with Gasteiger partial charge in [0.05, 0.1) is 22.4 Å². The van der Waals surface area contributed by atoms with Crippen molar-refractivity contribution in [2.45, 2.75) is 69.7 Å². The summed E-state index contributed by atoms with van der Waals surface area (Å²) < 4.78 is 30.7. The lowest BCUT2D eigenvalue weighted by Gasteiger charge is -2.48. The van der Waals surface area contributed by atoms with E-state index in [1.807, 2.05) is 19.1 Å². The van der Waals surface area contributed by atoms with Crippen LogP contribution in [-0.2, 0) is 27.4 Å². The fraction of sp³-hybridized carbons (Fsp3) is 0.467. The van der Waals surface area contributed by atoms with Crippen LogP contribution >= 0.6 is 0 Å². The number of fused-ring (bicyclic) bond motifs is 5. The van der Waals surface area contributed by atoms with Crippen molar-refractivity contribution in [1.29, 1.82) is 0 Å². The van der Waals surface area contributed by atoms with Crippen LogP contribution in [0.5, 0.6) is 0 Å². The fourth-order valence-electron chi connectivity index (χ4n) is 6.60. The Bertz CT molecular complexity index is 1780. The highest BCUT2D eigenvalue weighted by Crippen LogP contribution is 2.52. The summed E-state index contributed by atoms with van der Waals surface area (Å²) in [6.07, 6.45) is 2.06. The first-order chi connectivity index (χ1) is 17.8. The van der Waals surface area contributed by atoms with Crippen LogP contribution in [0.15, 0.2) is 40.0 Å². The maximum absolute atomic E-state index is 13.9. The van der Waals surface area contributed by atoms with Gasteiger partial charge in [0, 0.05) is 55.8 Å². The number of nitrogens with zero attached hydrogens (tertiary/aromatic N) is 4. The molecule has 200 valence electrons. The van der Waals surface area contributed by atoms with E-state index < -0.39 is 15.5 Å². The van der Waals surface area contributed by atoms with E-state index in [0.29, 0.717) is 28.7 Å². The highest BCUT2D eigenvalue weighted by molar-refractivity contribution is 7.89. The largest absolute Gasteiger partial charge is 0.371 e. The maximum atomic E-state index is 13.9. The summed E-state index contributed by atoms with van der Waals surface area (Å²) >= 11 is 0. The van der Waals surface area contributed by atoms with Gasteiger partial charge in [0.2, 0.25) is 15.5 Å². The van der Waals surface area contributed by atoms with Crippen LogP contribution in [0.25, 0.3) is 33.2 Å². The molecule has 0 bridgehead atoms. The van der Waals surface area contributed by atoms with Gasteiger partial charge >= 0.3 is 0 Å². The molecule has 2 aromatic carbocycles. The molecule has 0 saturated carbocycles. The van der Waals surface area contributed by atoms with Gasteiger partial charge in [0.25, 0.3) is 0 Å². The molecule has 0 radical (unpaired) electrons. The third kappa shape index (κ3) is 3.26. The molecule has 0 aromatic heterocycles. The van der Waals surface area contributed by atoms with Crippen molar-refractivity contribution in [2.75, 3.05) is 32.1 Å². The zero-order valence-corrected chi connectivity index (χ0v) is 24.2. The lowest BCUT2D eigenvalue weighted by atomic mass is 9.69. The zero-order chi connectivity index (χ0) is 27.4. The van der Waals surface area contributed by atoms with Crippen molar-refractivity contribution >= 4 is 37.5 Å². The SMILES string of the molecule is CCn1c2c(S(=O)(=O)N(C)C)c(=O)c3ccccc3c-2nc2cc3c4c(c21)C(C)(C)CCN4CCC3(C)C. The minimum Gasteiger partial charge on any atom is -0.371 e. The van der Waals surface area contributed by atoms with Crippen molar-refractivity contribution in [2.24, 2.45) is 0 Å². The van der Waals surface area contributed by atoms with Crippen LogP contribution in [0.2, 0.25) is 0 Å². The number of aromatic nitrogens is 2. The Kier molecular flexibility index (Phi) is 5.34. The van der Waals surface area contributed by atoms with Gasteiger partial charge in [-0.25, -0.2) is 17.7 Å². The van der Waals surface area contributed by atoms with Crippen LogP contribution in [0.3, 0.4) is 0 Å². The van der Waals surface area contributed by atoms with E-state index in [-0.39, 0.29) is 15.7 Å². The van der Waals surface area contributed by atoms with E-state index in [0.717, 1.165) is 41.3 Å². The third-order valence-corrected chi connectivity index (χ3v) is 10.7. The van der Waals surface area contributed by atoms with Crippen molar-refractivity contribution in [1.82, 2.24) is 13.9 Å². The number of benzene rings is 3. The third-order valence-electron chi connectivity index (χ3n) is 8.89. The average molecular weight is 533 g/mol. The van der Waals surface area contributed by atoms with E-state index in [2.05, 4.69) is 43.2 Å². The molecular formula is C30H36N4O3S. The standard InChI is InChI=1S/C30H36N4O3S/c1-8-34-25-21(17-20-24-22(25)30(4,5)14-16-33(24)15-13-29(20,2)3)31-23-18-11-9-10-12-19(18)27(35)28(26(23)34)38(36,37)32(6)7/h9-12,17H,8,13-16H2,1-7H3. The molecule has 3 heterocycles. The fourth-order valence-corrected chi connectivity index (χ4v) is 7.76. The Labute approximate surface area is 224 Å². The summed E-state index contributed by atoms with van der Waals surface area (Å²) in [5.74, 6) is 0. The van der Waals surface area contributed by atoms with Crippen molar-refractivity contribution in [3.63, 3.8) is 0 Å². The molecule has 2 aromatic rings. The van der Waals surface area contributed by atoms with Crippen LogP contribution in [0, 0.1) is 0 Å². The van der Waals surface area contributed by atoms with Gasteiger partial charge in [0.1, 0.15) is 0 Å². The minimum atomic E-state index is -4.06. The number of sulfonamides is 1. The molecule has 0 saturated heterocycles. The molecule has 8 heteroatoms. The molecule has 38 heavy (non-hydrogen) atoms. The molecule has 0 unspecified atom stereocenters. The van der Waals surface area contributed by atoms with Crippen molar-refractivity contribution in [3.8, 4) is 11.4 Å². The highest BCUT2D eigenvalue weighted by atomic mass is 32.2. The molecule has 0 fully saturated rings. The molecule has 6 rings (SSSR count). The lowest BCUT2D eigenvalue weighted by Crippen LogP contribution is -2.45. The number of aryl methyl sites for hydroxylation is 1. The Morgan fingerprint density at radius 2 is 1.63 bits per heavy atom. The topological polar surface area (TPSA) is 75.5 Å². The molecule has 0 N–H and O–H groups in total. The molecule has 0 amide bonds. The normalized spacial score (nSPS) is 18.5. The quantitative estimate of drug-likeness (QED) is 0.271. The predicted octanol–water partition coefficient (Wildman–Crippen LogP) is 5.09. The van der Waals surface area contributed by atoms with Gasteiger partial charge in [0.15, 0.2) is 4.90 Å². The summed E-state index contributed by atoms with van der Waals surface area (Å²) in [4.78, 5) is 21.4. The van der Waals surface area contributed by atoms with Gasteiger partial charge in [-0.1, -0.05) is 52.0 Å². The first-order valence-corrected chi connectivity index (χ1v) is 14.9. The Morgan fingerprint density at radius 3 is 2.26 bits per heavy atom. The smallest absolute Gasteiger partial charge is 0.248 e. The van der Waals surface area contributed by atoms with E-state index in [9.17, 15) is 13.2 Å². The molecule has 0 spiro atoms. The lowest BCUT2D eigenvalue weighted by molar-refractivity contribution is 0.403. The van der Waals surface area contributed by atoms with Gasteiger partial charge in [-0.15, -0.1) is 0 Å². The van der Waals surface area contributed by atoms with Crippen LogP contribution < -0.4 is 10.3 Å². The molecule has 0 atom stereocenters. The molecule has 4 aliphatic rings. The Hall–Kier alpha value is -2.97. The number of anilines is 1. The van der Waals surface area contributed by atoms with Gasteiger partial charge < -0.3 is 9.47 Å². The highest BCUT2D eigenvalue weighted by Gasteiger charge is 2.43. The minimum absolute atomic E-state index is 0.00373. The maximum Gasteiger partial charge on any atom is 0.248 e. The van der Waals surface area contributed by atoms with E-state index in [1.54, 1.807) is 12.1 Å². The van der Waals surface area contributed by atoms with Crippen molar-refractivity contribution < 1.29 is 8.42 Å². The Morgan fingerprint density at radius 1 is 1.00 bits per heavy atom. The number of hydrogen-bond donors (Lipinski definition) is 0. The average Bonchev–Trinajstić information content (AvgIpc) is 2.86. The molecule has 1 aliphatic carbocycles. The molecule has 3 aliphatic heterocycles. The second-order valence-electron chi connectivity index (χ2n) is 12.3. The summed E-state index contributed by atoms with van der Waals surface area (Å²) in [6, 6.07) is 9.46. The van der Waals surface area contributed by atoms with E-state index >= 15 is 0 Å². The summed E-state index contributed by atoms with van der Waals surface area (Å²) in [5.41, 5.74) is 5.93. The monoisotopic (exact) mass is 532 g/mol. The second-order valence-corrected chi connectivity index (χ2v) is 14.4. The van der Waals surface area contributed by atoms with Crippen molar-refractivity contribution in [3.05, 3.63) is 51.7 Å². The van der Waals surface area contributed by atoms with Crippen LogP contribution in [-0.4, -0.2) is 49.5 Å². The first-order valence-electron chi connectivity index (χ1n) is 13.5. The second kappa shape index (κ2) is 8.02. The predicted molar refractivity (Wildman–Crippen MR) is 154 cm³/mol. The summed E-state index contributed by atoms with van der Waals surface area (Å²) in [5, 5.41) is 1.06. The first kappa shape index (κ1) is 25.3. The molecular weight excluding hydrogens is 496 g/mol. The van der Waals surface area contributed by atoms with Gasteiger partial charge in [-0.3, -0.25) is 4.79 Å². The van der Waals surface area contributed by atoms with Gasteiger partial charge in [-0.2, -0.15) is 0 Å². The number of rotatable bonds is 3. The van der Waals surface area contributed by atoms with Crippen LogP contribution in [0.4, 0.5) is 5.69 Å². The number of hydrogen-bond acceptors (Lipinski definition) is 5. The van der Waals surface area contributed by atoms with E-state index in [1.165, 1.54) is 30.9 Å². The van der Waals surface area contributed by atoms with E-state index in [4.69, 9.17) is 4.98 Å². The Balaban J connectivity index is 1.95. The summed E-state index contributed by atoms with van der Waals surface area (Å²) in [7, 11) is -1.11. The zero-order valence-electron chi connectivity index (χ0n) is 23.3. The molecule has 7 nitrogen and oxygen atoms in total.